The highest BCUT2D eigenvalue weighted by Gasteiger charge is 2.25. The van der Waals surface area contributed by atoms with Gasteiger partial charge in [-0.25, -0.2) is 10.1 Å². The number of hydrogen-bond donors (Lipinski definition) is 2. The van der Waals surface area contributed by atoms with E-state index in [1.54, 1.807) is 0 Å². The highest BCUT2D eigenvalue weighted by molar-refractivity contribution is 9.10. The third kappa shape index (κ3) is 3.96. The first-order chi connectivity index (χ1) is 14.5. The van der Waals surface area contributed by atoms with Crippen LogP contribution in [-0.2, 0) is 0 Å². The molecule has 4 aromatic rings. The normalized spacial score (nSPS) is 11.1. The van der Waals surface area contributed by atoms with Gasteiger partial charge in [0.25, 0.3) is 5.91 Å². The molecule has 0 aliphatic carbocycles. The maximum Gasteiger partial charge on any atom is 0.294 e. The Morgan fingerprint density at radius 2 is 2.03 bits per heavy atom. The topological polar surface area (TPSA) is 137 Å². The molecule has 10 nitrogen and oxygen atoms in total. The molecular weight excluding hydrogens is 452 g/mol. The molecular formula is C19H15BrN8O2. The molecule has 0 atom stereocenters. The van der Waals surface area contributed by atoms with E-state index in [2.05, 4.69) is 51.7 Å². The van der Waals surface area contributed by atoms with Crippen molar-refractivity contribution in [1.82, 2.24) is 30.7 Å². The van der Waals surface area contributed by atoms with Gasteiger partial charge in [0.1, 0.15) is 5.69 Å². The van der Waals surface area contributed by atoms with E-state index in [0.717, 1.165) is 15.6 Å². The first kappa shape index (κ1) is 19.5. The summed E-state index contributed by atoms with van der Waals surface area (Å²) in [5.74, 6) is -0.388. The molecule has 0 fully saturated rings. The van der Waals surface area contributed by atoms with Gasteiger partial charge in [-0.2, -0.15) is 9.78 Å². The minimum absolute atomic E-state index is 0.0212. The maximum absolute atomic E-state index is 12.8. The van der Waals surface area contributed by atoms with Crippen LogP contribution in [0.4, 0.5) is 5.82 Å². The molecule has 0 bridgehead atoms. The Labute approximate surface area is 178 Å². The number of carbonyl (C=O) groups is 1. The summed E-state index contributed by atoms with van der Waals surface area (Å²) in [6.07, 6.45) is 1.53. The van der Waals surface area contributed by atoms with Gasteiger partial charge < -0.3 is 5.73 Å². The lowest BCUT2D eigenvalue weighted by Crippen LogP contribution is -2.19. The summed E-state index contributed by atoms with van der Waals surface area (Å²) in [5, 5.41) is 19.4. The molecule has 0 saturated carbocycles. The van der Waals surface area contributed by atoms with Gasteiger partial charge in [-0.1, -0.05) is 63.1 Å². The van der Waals surface area contributed by atoms with Crippen LogP contribution in [0.25, 0.3) is 17.1 Å². The van der Waals surface area contributed by atoms with Crippen molar-refractivity contribution in [2.45, 2.75) is 6.92 Å². The Balaban J connectivity index is 1.69. The number of rotatable bonds is 5. The summed E-state index contributed by atoms with van der Waals surface area (Å²) in [4.78, 5) is 12.8. The fourth-order valence-electron chi connectivity index (χ4n) is 2.70. The summed E-state index contributed by atoms with van der Waals surface area (Å²) >= 11 is 3.39. The summed E-state index contributed by atoms with van der Waals surface area (Å²) in [6, 6.07) is 15.0. The van der Waals surface area contributed by atoms with Crippen LogP contribution in [0.3, 0.4) is 0 Å². The lowest BCUT2D eigenvalue weighted by molar-refractivity contribution is 0.0950. The van der Waals surface area contributed by atoms with E-state index in [4.69, 9.17) is 5.73 Å². The number of amides is 1. The molecule has 2 aromatic heterocycles. The van der Waals surface area contributed by atoms with E-state index in [9.17, 15) is 4.79 Å². The molecule has 11 heteroatoms. The molecule has 0 saturated heterocycles. The lowest BCUT2D eigenvalue weighted by Gasteiger charge is -2.06. The van der Waals surface area contributed by atoms with E-state index < -0.39 is 5.91 Å². The van der Waals surface area contributed by atoms with Crippen molar-refractivity contribution in [2.75, 3.05) is 5.73 Å². The molecule has 30 heavy (non-hydrogen) atoms. The molecule has 2 heterocycles. The number of benzene rings is 2. The zero-order valence-corrected chi connectivity index (χ0v) is 17.2. The van der Waals surface area contributed by atoms with Gasteiger partial charge in [-0.05, 0) is 34.9 Å². The zero-order valence-electron chi connectivity index (χ0n) is 15.7. The third-order valence-electron chi connectivity index (χ3n) is 4.13. The quantitative estimate of drug-likeness (QED) is 0.340. The highest BCUT2D eigenvalue weighted by Crippen LogP contribution is 2.26. The summed E-state index contributed by atoms with van der Waals surface area (Å²) in [7, 11) is 0. The van der Waals surface area contributed by atoms with E-state index in [0.29, 0.717) is 11.3 Å². The minimum atomic E-state index is -0.543. The Morgan fingerprint density at radius 1 is 1.23 bits per heavy atom. The molecule has 0 spiro atoms. The van der Waals surface area contributed by atoms with Crippen LogP contribution in [0.15, 0.2) is 62.7 Å². The van der Waals surface area contributed by atoms with Crippen LogP contribution in [0.1, 0.15) is 21.6 Å². The van der Waals surface area contributed by atoms with Crippen molar-refractivity contribution < 1.29 is 9.42 Å². The molecule has 150 valence electrons. The molecule has 0 radical (unpaired) electrons. The monoisotopic (exact) mass is 466 g/mol. The first-order valence-electron chi connectivity index (χ1n) is 8.73. The van der Waals surface area contributed by atoms with Crippen LogP contribution in [0.5, 0.6) is 0 Å². The van der Waals surface area contributed by atoms with E-state index in [1.165, 1.54) is 10.9 Å². The molecule has 3 N–H and O–H groups in total. The predicted octanol–water partition coefficient (Wildman–Crippen LogP) is 2.73. The molecule has 2 aromatic carbocycles. The zero-order chi connectivity index (χ0) is 21.1. The number of nitrogens with two attached hydrogens (primary N) is 1. The van der Waals surface area contributed by atoms with Gasteiger partial charge in [-0.3, -0.25) is 4.79 Å². The van der Waals surface area contributed by atoms with Crippen LogP contribution < -0.4 is 11.2 Å². The Morgan fingerprint density at radius 3 is 2.73 bits per heavy atom. The fraction of sp³-hybridized carbons (Fsp3) is 0.0526. The number of hydrogen-bond acceptors (Lipinski definition) is 8. The number of aryl methyl sites for hydroxylation is 1. The van der Waals surface area contributed by atoms with Crippen LogP contribution in [-0.4, -0.2) is 37.4 Å². The minimum Gasteiger partial charge on any atom is -0.378 e. The number of nitrogens with zero attached hydrogens (tertiary/aromatic N) is 6. The van der Waals surface area contributed by atoms with E-state index >= 15 is 0 Å². The van der Waals surface area contributed by atoms with Gasteiger partial charge in [0.05, 0.1) is 6.21 Å². The van der Waals surface area contributed by atoms with Crippen LogP contribution in [0.2, 0.25) is 0 Å². The highest BCUT2D eigenvalue weighted by atomic mass is 79.9. The van der Waals surface area contributed by atoms with E-state index in [-0.39, 0.29) is 17.3 Å². The van der Waals surface area contributed by atoms with E-state index in [1.807, 2.05) is 55.5 Å². The van der Waals surface area contributed by atoms with Gasteiger partial charge in [0.2, 0.25) is 11.6 Å². The molecule has 0 aliphatic heterocycles. The Kier molecular flexibility index (Phi) is 5.35. The largest absolute Gasteiger partial charge is 0.378 e. The number of halogens is 1. The second kappa shape index (κ2) is 8.25. The van der Waals surface area contributed by atoms with Crippen molar-refractivity contribution in [3.8, 4) is 17.1 Å². The van der Waals surface area contributed by atoms with Crippen LogP contribution >= 0.6 is 15.9 Å². The molecule has 0 unspecified atom stereocenters. The summed E-state index contributed by atoms with van der Waals surface area (Å²) in [6.45, 7) is 1.96. The molecule has 1 amide bonds. The van der Waals surface area contributed by atoms with Crippen molar-refractivity contribution in [2.24, 2.45) is 5.10 Å². The Hall–Kier alpha value is -3.86. The van der Waals surface area contributed by atoms with Crippen molar-refractivity contribution in [3.05, 3.63) is 69.8 Å². The summed E-state index contributed by atoms with van der Waals surface area (Å²) < 4.78 is 6.87. The van der Waals surface area contributed by atoms with Gasteiger partial charge >= 0.3 is 0 Å². The number of nitrogens with one attached hydrogen (secondary N) is 1. The maximum atomic E-state index is 12.8. The average Bonchev–Trinajstić information content (AvgIpc) is 3.34. The SMILES string of the molecule is Cc1ccc(-c2c(C(=O)N/N=C/c3cccc(Br)c3)nnn2-c2nonc2N)cc1. The Bertz CT molecular complexity index is 1230. The number of nitrogen functional groups attached to an aromatic ring is 1. The predicted molar refractivity (Wildman–Crippen MR) is 113 cm³/mol. The second-order valence-corrected chi connectivity index (χ2v) is 7.21. The number of aromatic nitrogens is 5. The first-order valence-corrected chi connectivity index (χ1v) is 9.52. The fourth-order valence-corrected chi connectivity index (χ4v) is 3.11. The second-order valence-electron chi connectivity index (χ2n) is 6.29. The number of anilines is 1. The molecule has 4 rings (SSSR count). The smallest absolute Gasteiger partial charge is 0.294 e. The standard InChI is InChI=1S/C19H15BrN8O2/c1-11-5-7-13(8-6-11)16-15(23-27-28(16)18-17(21)25-30-26-18)19(29)24-22-10-12-3-2-4-14(20)9-12/h2-10H,1H3,(H2,21,25)(H,24,29)/b22-10+. The van der Waals surface area contributed by atoms with Crippen molar-refractivity contribution in [3.63, 3.8) is 0 Å². The third-order valence-corrected chi connectivity index (χ3v) is 4.63. The van der Waals surface area contributed by atoms with Crippen molar-refractivity contribution >= 4 is 33.9 Å². The van der Waals surface area contributed by atoms with Gasteiger partial charge in [-0.15, -0.1) is 5.10 Å². The average molecular weight is 467 g/mol. The van der Waals surface area contributed by atoms with Crippen LogP contribution in [0, 0.1) is 6.92 Å². The summed E-state index contributed by atoms with van der Waals surface area (Å²) in [5.41, 5.74) is 11.3. The van der Waals surface area contributed by atoms with Crippen molar-refractivity contribution in [1.29, 1.82) is 0 Å². The van der Waals surface area contributed by atoms with Gasteiger partial charge in [0.15, 0.2) is 5.69 Å². The lowest BCUT2D eigenvalue weighted by atomic mass is 10.1. The van der Waals surface area contributed by atoms with Gasteiger partial charge in [0, 0.05) is 10.0 Å². The number of hydrazone groups is 1. The number of carbonyl (C=O) groups excluding carboxylic acids is 1. The molecule has 0 aliphatic rings.